The van der Waals surface area contributed by atoms with Crippen LogP contribution in [0.5, 0.6) is 11.5 Å². The van der Waals surface area contributed by atoms with E-state index in [0.717, 1.165) is 25.0 Å². The van der Waals surface area contributed by atoms with Crippen LogP contribution in [-0.4, -0.2) is 10.9 Å². The van der Waals surface area contributed by atoms with E-state index in [1.54, 1.807) is 12.1 Å². The number of benzene rings is 1. The number of aromatic nitrogens is 1. The number of amides is 1. The molecule has 1 heterocycles. The van der Waals surface area contributed by atoms with Gasteiger partial charge in [0.15, 0.2) is 11.6 Å². The second-order valence-electron chi connectivity index (χ2n) is 4.82. The van der Waals surface area contributed by atoms with Gasteiger partial charge in [0.1, 0.15) is 17.3 Å². The lowest BCUT2D eigenvalue weighted by Gasteiger charge is -2.07. The van der Waals surface area contributed by atoms with Crippen LogP contribution < -0.4 is 10.1 Å². The molecule has 1 amide bonds. The summed E-state index contributed by atoms with van der Waals surface area (Å²) >= 11 is 0. The van der Waals surface area contributed by atoms with Gasteiger partial charge in [0.2, 0.25) is 5.91 Å². The van der Waals surface area contributed by atoms with Crippen LogP contribution in [0.25, 0.3) is 0 Å². The molecule has 0 aliphatic heterocycles. The highest BCUT2D eigenvalue weighted by Crippen LogP contribution is 2.30. The number of carbonyl (C=O) groups excluding carboxylic acids is 1. The predicted octanol–water partition coefficient (Wildman–Crippen LogP) is 3.50. The van der Waals surface area contributed by atoms with Gasteiger partial charge in [-0.3, -0.25) is 4.79 Å². The number of nitrogens with zero attached hydrogens (tertiary/aromatic N) is 1. The molecule has 1 aliphatic rings. The smallest absolute Gasteiger partial charge is 0.228 e. The van der Waals surface area contributed by atoms with Gasteiger partial charge >= 0.3 is 0 Å². The number of carbonyl (C=O) groups is 1. The van der Waals surface area contributed by atoms with E-state index in [2.05, 4.69) is 10.3 Å². The molecule has 3 rings (SSSR count). The van der Waals surface area contributed by atoms with Crippen molar-refractivity contribution in [1.82, 2.24) is 4.98 Å². The summed E-state index contributed by atoms with van der Waals surface area (Å²) in [5.74, 6) is -0.866. The van der Waals surface area contributed by atoms with Gasteiger partial charge in [-0.15, -0.1) is 0 Å². The zero-order valence-electron chi connectivity index (χ0n) is 11.0. The Labute approximate surface area is 119 Å². The molecule has 21 heavy (non-hydrogen) atoms. The Morgan fingerprint density at radius 3 is 2.52 bits per heavy atom. The molecule has 108 valence electrons. The molecule has 1 aromatic carbocycles. The molecule has 0 bridgehead atoms. The third kappa shape index (κ3) is 3.34. The number of nitrogens with one attached hydrogen (secondary N) is 1. The first-order valence-electron chi connectivity index (χ1n) is 6.51. The van der Waals surface area contributed by atoms with E-state index in [1.165, 1.54) is 12.3 Å². The van der Waals surface area contributed by atoms with E-state index < -0.39 is 11.6 Å². The molecule has 1 N–H and O–H groups in total. The molecule has 6 heteroatoms. The van der Waals surface area contributed by atoms with Crippen molar-refractivity contribution in [2.45, 2.75) is 12.8 Å². The van der Waals surface area contributed by atoms with Crippen LogP contribution in [0.1, 0.15) is 12.8 Å². The summed E-state index contributed by atoms with van der Waals surface area (Å²) in [6, 6.07) is 6.45. The number of hydrogen-bond donors (Lipinski definition) is 1. The second kappa shape index (κ2) is 5.47. The maximum absolute atomic E-state index is 13.1. The van der Waals surface area contributed by atoms with Gasteiger partial charge in [0, 0.05) is 12.0 Å². The van der Waals surface area contributed by atoms with Crippen molar-refractivity contribution in [3.05, 3.63) is 48.2 Å². The highest BCUT2D eigenvalue weighted by Gasteiger charge is 2.29. The fraction of sp³-hybridized carbons (Fsp3) is 0.200. The molecule has 0 atom stereocenters. The van der Waals surface area contributed by atoms with Crippen LogP contribution in [0.3, 0.4) is 0 Å². The van der Waals surface area contributed by atoms with Crippen molar-refractivity contribution in [2.24, 2.45) is 5.92 Å². The van der Waals surface area contributed by atoms with E-state index in [-0.39, 0.29) is 17.6 Å². The van der Waals surface area contributed by atoms with Crippen molar-refractivity contribution in [3.8, 4) is 11.5 Å². The third-order valence-electron chi connectivity index (χ3n) is 3.06. The molecule has 0 unspecified atom stereocenters. The standard InChI is InChI=1S/C15H12F2N2O2/c16-12-5-3-10(7-13(12)17)21-11-4-6-14(18-8-11)19-15(20)9-1-2-9/h3-9H,1-2H2,(H,18,19,20). The quantitative estimate of drug-likeness (QED) is 0.937. The Morgan fingerprint density at radius 1 is 1.14 bits per heavy atom. The van der Waals surface area contributed by atoms with E-state index >= 15 is 0 Å². The van der Waals surface area contributed by atoms with Crippen LogP contribution in [0.2, 0.25) is 0 Å². The fourth-order valence-corrected chi connectivity index (χ4v) is 1.76. The second-order valence-corrected chi connectivity index (χ2v) is 4.82. The van der Waals surface area contributed by atoms with Crippen LogP contribution in [0.15, 0.2) is 36.5 Å². The summed E-state index contributed by atoms with van der Waals surface area (Å²) in [5.41, 5.74) is 0. The minimum absolute atomic E-state index is 0.0308. The summed E-state index contributed by atoms with van der Waals surface area (Å²) in [6.45, 7) is 0. The minimum Gasteiger partial charge on any atom is -0.456 e. The molecule has 0 saturated heterocycles. The molecule has 1 fully saturated rings. The highest BCUT2D eigenvalue weighted by molar-refractivity contribution is 5.93. The van der Waals surface area contributed by atoms with Crippen LogP contribution in [0.4, 0.5) is 14.6 Å². The monoisotopic (exact) mass is 290 g/mol. The fourth-order valence-electron chi connectivity index (χ4n) is 1.76. The van der Waals surface area contributed by atoms with Crippen molar-refractivity contribution < 1.29 is 18.3 Å². The largest absolute Gasteiger partial charge is 0.456 e. The molecule has 0 spiro atoms. The Kier molecular flexibility index (Phi) is 3.51. The van der Waals surface area contributed by atoms with E-state index in [1.807, 2.05) is 0 Å². The van der Waals surface area contributed by atoms with E-state index in [4.69, 9.17) is 4.74 Å². The van der Waals surface area contributed by atoms with Crippen LogP contribution >= 0.6 is 0 Å². The maximum atomic E-state index is 13.1. The summed E-state index contributed by atoms with van der Waals surface area (Å²) in [4.78, 5) is 15.6. The van der Waals surface area contributed by atoms with Crippen molar-refractivity contribution in [3.63, 3.8) is 0 Å². The van der Waals surface area contributed by atoms with Crippen LogP contribution in [0, 0.1) is 17.6 Å². The Balaban J connectivity index is 1.65. The maximum Gasteiger partial charge on any atom is 0.228 e. The average Bonchev–Trinajstić information content (AvgIpc) is 3.30. The van der Waals surface area contributed by atoms with Gasteiger partial charge in [-0.2, -0.15) is 0 Å². The first-order valence-corrected chi connectivity index (χ1v) is 6.51. The molecule has 1 saturated carbocycles. The first-order chi connectivity index (χ1) is 10.1. The third-order valence-corrected chi connectivity index (χ3v) is 3.06. The van der Waals surface area contributed by atoms with Crippen molar-refractivity contribution in [2.75, 3.05) is 5.32 Å². The zero-order chi connectivity index (χ0) is 14.8. The number of ether oxygens (including phenoxy) is 1. The van der Waals surface area contributed by atoms with Crippen LogP contribution in [-0.2, 0) is 4.79 Å². The average molecular weight is 290 g/mol. The zero-order valence-corrected chi connectivity index (χ0v) is 11.0. The number of rotatable bonds is 4. The van der Waals surface area contributed by atoms with Gasteiger partial charge in [-0.1, -0.05) is 0 Å². The van der Waals surface area contributed by atoms with Gasteiger partial charge in [0.25, 0.3) is 0 Å². The number of hydrogen-bond acceptors (Lipinski definition) is 3. The summed E-state index contributed by atoms with van der Waals surface area (Å²) in [5, 5.41) is 2.70. The molecule has 1 aromatic heterocycles. The lowest BCUT2D eigenvalue weighted by molar-refractivity contribution is -0.117. The topological polar surface area (TPSA) is 51.2 Å². The molecule has 4 nitrogen and oxygen atoms in total. The van der Waals surface area contributed by atoms with Gasteiger partial charge in [-0.25, -0.2) is 13.8 Å². The first kappa shape index (κ1) is 13.5. The molecular weight excluding hydrogens is 278 g/mol. The Hall–Kier alpha value is -2.50. The molecular formula is C15H12F2N2O2. The normalized spacial score (nSPS) is 13.8. The Morgan fingerprint density at radius 2 is 1.90 bits per heavy atom. The molecule has 0 radical (unpaired) electrons. The highest BCUT2D eigenvalue weighted by atomic mass is 19.2. The summed E-state index contributed by atoms with van der Waals surface area (Å²) in [6.07, 6.45) is 3.25. The van der Waals surface area contributed by atoms with Gasteiger partial charge < -0.3 is 10.1 Å². The van der Waals surface area contributed by atoms with Gasteiger partial charge in [-0.05, 0) is 37.1 Å². The van der Waals surface area contributed by atoms with Gasteiger partial charge in [0.05, 0.1) is 6.20 Å². The SMILES string of the molecule is O=C(Nc1ccc(Oc2ccc(F)c(F)c2)cn1)C1CC1. The number of halogens is 2. The summed E-state index contributed by atoms with van der Waals surface area (Å²) < 4.78 is 31.2. The Bertz CT molecular complexity index is 670. The lowest BCUT2D eigenvalue weighted by Crippen LogP contribution is -2.14. The van der Waals surface area contributed by atoms with E-state index in [0.29, 0.717) is 11.6 Å². The van der Waals surface area contributed by atoms with Crippen molar-refractivity contribution >= 4 is 11.7 Å². The minimum atomic E-state index is -0.978. The summed E-state index contributed by atoms with van der Waals surface area (Å²) in [7, 11) is 0. The number of anilines is 1. The predicted molar refractivity (Wildman–Crippen MR) is 72.0 cm³/mol. The molecule has 1 aliphatic carbocycles. The molecule has 2 aromatic rings. The van der Waals surface area contributed by atoms with E-state index in [9.17, 15) is 13.6 Å². The van der Waals surface area contributed by atoms with Crippen molar-refractivity contribution in [1.29, 1.82) is 0 Å². The lowest BCUT2D eigenvalue weighted by atomic mass is 10.3. The number of pyridine rings is 1.